The van der Waals surface area contributed by atoms with Crippen molar-refractivity contribution in [3.63, 3.8) is 0 Å². The number of nitrogens with one attached hydrogen (secondary N) is 1. The molecule has 4 rings (SSSR count). The number of aliphatic hydroxyl groups excluding tert-OH is 1. The average molecular weight is 438 g/mol. The Labute approximate surface area is 177 Å². The van der Waals surface area contributed by atoms with Crippen molar-refractivity contribution in [1.29, 1.82) is 0 Å². The number of aromatic nitrogens is 2. The number of benzene rings is 1. The number of hydrogen-bond acceptors (Lipinski definition) is 5. The molecule has 2 aromatic heterocycles. The topological polar surface area (TPSA) is 76.4 Å². The third kappa shape index (κ3) is 4.55. The summed E-state index contributed by atoms with van der Waals surface area (Å²) in [6.45, 7) is 0. The van der Waals surface area contributed by atoms with Crippen LogP contribution in [0, 0.1) is 11.6 Å². The van der Waals surface area contributed by atoms with Crippen LogP contribution in [-0.4, -0.2) is 26.8 Å². The lowest BCUT2D eigenvalue weighted by Crippen LogP contribution is -2.28. The maximum Gasteiger partial charge on any atom is 0.293 e. The van der Waals surface area contributed by atoms with E-state index in [0.29, 0.717) is 22.8 Å². The number of fused-ring (bicyclic) bond motifs is 1. The molecule has 160 valence electrons. The molecule has 30 heavy (non-hydrogen) atoms. The van der Waals surface area contributed by atoms with Crippen LogP contribution >= 0.6 is 12.4 Å². The van der Waals surface area contributed by atoms with Crippen LogP contribution in [0.5, 0.6) is 11.5 Å². The van der Waals surface area contributed by atoms with Crippen molar-refractivity contribution in [2.75, 3.05) is 5.32 Å². The van der Waals surface area contributed by atoms with E-state index in [2.05, 4.69) is 10.3 Å². The Balaban J connectivity index is 0.00000256. The van der Waals surface area contributed by atoms with Gasteiger partial charge < -0.3 is 19.7 Å². The summed E-state index contributed by atoms with van der Waals surface area (Å²) in [4.78, 5) is 17.1. The molecule has 0 aliphatic heterocycles. The van der Waals surface area contributed by atoms with Crippen LogP contribution in [0.1, 0.15) is 25.7 Å². The quantitative estimate of drug-likeness (QED) is 0.641. The minimum Gasteiger partial charge on any atom is -0.448 e. The summed E-state index contributed by atoms with van der Waals surface area (Å²) in [5, 5.41) is 13.6. The van der Waals surface area contributed by atoms with Gasteiger partial charge in [-0.3, -0.25) is 4.79 Å². The monoisotopic (exact) mass is 437 g/mol. The molecular formula is C21H22ClF2N3O3. The molecule has 0 unspecified atom stereocenters. The van der Waals surface area contributed by atoms with E-state index in [-0.39, 0.29) is 36.1 Å². The van der Waals surface area contributed by atoms with E-state index >= 15 is 0 Å². The molecule has 0 amide bonds. The fourth-order valence-corrected chi connectivity index (χ4v) is 3.59. The summed E-state index contributed by atoms with van der Waals surface area (Å²) < 4.78 is 33.8. The minimum absolute atomic E-state index is 0. The average Bonchev–Trinajstić information content (AvgIpc) is 2.70. The number of rotatable bonds is 4. The Morgan fingerprint density at radius 3 is 2.57 bits per heavy atom. The fraction of sp³-hybridized carbons (Fsp3) is 0.333. The van der Waals surface area contributed by atoms with Crippen LogP contribution in [0.15, 0.2) is 41.3 Å². The molecule has 3 aromatic rings. The van der Waals surface area contributed by atoms with Crippen molar-refractivity contribution in [3.8, 4) is 11.5 Å². The van der Waals surface area contributed by atoms with Gasteiger partial charge in [-0.05, 0) is 43.9 Å². The van der Waals surface area contributed by atoms with Gasteiger partial charge in [-0.2, -0.15) is 0 Å². The van der Waals surface area contributed by atoms with Crippen molar-refractivity contribution >= 4 is 29.1 Å². The van der Waals surface area contributed by atoms with Crippen molar-refractivity contribution < 1.29 is 18.6 Å². The first-order chi connectivity index (χ1) is 13.9. The number of hydrogen-bond donors (Lipinski definition) is 2. The zero-order chi connectivity index (χ0) is 20.5. The first-order valence-electron chi connectivity index (χ1n) is 9.48. The lowest BCUT2D eigenvalue weighted by molar-refractivity contribution is 0.126. The predicted octanol–water partition coefficient (Wildman–Crippen LogP) is 4.14. The summed E-state index contributed by atoms with van der Waals surface area (Å²) in [7, 11) is 1.60. The Kier molecular flexibility index (Phi) is 6.58. The van der Waals surface area contributed by atoms with Gasteiger partial charge in [0.05, 0.1) is 11.6 Å². The number of ether oxygens (including phenoxy) is 1. The molecule has 0 bridgehead atoms. The molecule has 1 aliphatic rings. The molecule has 0 atom stereocenters. The summed E-state index contributed by atoms with van der Waals surface area (Å²) in [5.74, 6) is -1.27. The smallest absolute Gasteiger partial charge is 0.293 e. The standard InChI is InChI=1S/C21H21F2N3O3.ClH/c1-26-17-10-20(25-14-3-5-15(27)6-4-14)24-11-12(17)8-19(21(26)28)29-18-7-2-13(22)9-16(18)23;/h2,7-11,14-15,27H,3-6H2,1H3,(H,24,25);1H. The Morgan fingerprint density at radius 1 is 1.13 bits per heavy atom. The lowest BCUT2D eigenvalue weighted by Gasteiger charge is -2.26. The second kappa shape index (κ2) is 8.97. The van der Waals surface area contributed by atoms with Gasteiger partial charge in [-0.25, -0.2) is 13.8 Å². The number of aryl methyl sites for hydroxylation is 1. The van der Waals surface area contributed by atoms with Gasteiger partial charge in [0.25, 0.3) is 5.56 Å². The van der Waals surface area contributed by atoms with Crippen molar-refractivity contribution in [2.24, 2.45) is 7.05 Å². The van der Waals surface area contributed by atoms with Crippen LogP contribution in [0.3, 0.4) is 0 Å². The van der Waals surface area contributed by atoms with Gasteiger partial charge in [-0.1, -0.05) is 0 Å². The SMILES string of the molecule is Cl.Cn1c(=O)c(Oc2ccc(F)cc2F)cc2cnc(NC3CCC(O)CC3)cc21. The van der Waals surface area contributed by atoms with Gasteiger partial charge in [-0.15, -0.1) is 12.4 Å². The van der Waals surface area contributed by atoms with Gasteiger partial charge in [0.1, 0.15) is 11.6 Å². The summed E-state index contributed by atoms with van der Waals surface area (Å²) in [6.07, 6.45) is 4.60. The first kappa shape index (κ1) is 22.0. The summed E-state index contributed by atoms with van der Waals surface area (Å²) in [6, 6.07) is 6.40. The molecule has 1 aromatic carbocycles. The third-order valence-corrected chi connectivity index (χ3v) is 5.24. The number of anilines is 1. The van der Waals surface area contributed by atoms with Crippen molar-refractivity contribution in [3.05, 3.63) is 58.5 Å². The largest absolute Gasteiger partial charge is 0.448 e. The summed E-state index contributed by atoms with van der Waals surface area (Å²) in [5.41, 5.74) is 0.203. The van der Waals surface area contributed by atoms with E-state index in [1.807, 2.05) is 0 Å². The predicted molar refractivity (Wildman–Crippen MR) is 113 cm³/mol. The second-order valence-corrected chi connectivity index (χ2v) is 7.33. The Morgan fingerprint density at radius 2 is 1.87 bits per heavy atom. The van der Waals surface area contributed by atoms with Crippen molar-refractivity contribution in [2.45, 2.75) is 37.8 Å². The molecule has 2 N–H and O–H groups in total. The molecule has 0 radical (unpaired) electrons. The van der Waals surface area contributed by atoms with E-state index in [9.17, 15) is 18.7 Å². The number of aliphatic hydroxyl groups is 1. The number of nitrogens with zero attached hydrogens (tertiary/aromatic N) is 2. The molecule has 9 heteroatoms. The first-order valence-corrected chi connectivity index (χ1v) is 9.48. The molecule has 0 spiro atoms. The zero-order valence-electron chi connectivity index (χ0n) is 16.3. The van der Waals surface area contributed by atoms with Gasteiger partial charge >= 0.3 is 0 Å². The zero-order valence-corrected chi connectivity index (χ0v) is 17.1. The normalized spacial score (nSPS) is 18.7. The molecule has 0 saturated heterocycles. The minimum atomic E-state index is -0.887. The second-order valence-electron chi connectivity index (χ2n) is 7.33. The molecule has 1 aliphatic carbocycles. The maximum absolute atomic E-state index is 13.9. The Bertz CT molecular complexity index is 1110. The molecular weight excluding hydrogens is 416 g/mol. The van der Waals surface area contributed by atoms with E-state index in [4.69, 9.17) is 4.74 Å². The van der Waals surface area contributed by atoms with E-state index in [1.54, 1.807) is 19.3 Å². The third-order valence-electron chi connectivity index (χ3n) is 5.24. The van der Waals surface area contributed by atoms with Crippen LogP contribution in [0.4, 0.5) is 14.6 Å². The molecule has 1 saturated carbocycles. The van der Waals surface area contributed by atoms with Crippen LogP contribution in [0.2, 0.25) is 0 Å². The summed E-state index contributed by atoms with van der Waals surface area (Å²) >= 11 is 0. The van der Waals surface area contributed by atoms with Gasteiger partial charge in [0.2, 0.25) is 0 Å². The molecule has 6 nitrogen and oxygen atoms in total. The highest BCUT2D eigenvalue weighted by atomic mass is 35.5. The molecule has 2 heterocycles. The number of pyridine rings is 2. The highest BCUT2D eigenvalue weighted by Gasteiger charge is 2.20. The van der Waals surface area contributed by atoms with E-state index in [1.165, 1.54) is 10.6 Å². The van der Waals surface area contributed by atoms with E-state index in [0.717, 1.165) is 37.8 Å². The van der Waals surface area contributed by atoms with Crippen molar-refractivity contribution in [1.82, 2.24) is 9.55 Å². The van der Waals surface area contributed by atoms with E-state index < -0.39 is 17.2 Å². The Hall–Kier alpha value is -2.71. The lowest BCUT2D eigenvalue weighted by atomic mass is 9.93. The number of halogens is 3. The van der Waals surface area contributed by atoms with Gasteiger partial charge in [0.15, 0.2) is 17.3 Å². The van der Waals surface area contributed by atoms with Gasteiger partial charge in [0, 0.05) is 36.8 Å². The highest BCUT2D eigenvalue weighted by molar-refractivity contribution is 5.85. The van der Waals surface area contributed by atoms with Crippen LogP contribution in [0.25, 0.3) is 10.9 Å². The van der Waals surface area contributed by atoms with Crippen LogP contribution < -0.4 is 15.6 Å². The van der Waals surface area contributed by atoms with Crippen LogP contribution in [-0.2, 0) is 7.05 Å². The maximum atomic E-state index is 13.9. The highest BCUT2D eigenvalue weighted by Crippen LogP contribution is 2.27. The molecule has 1 fully saturated rings. The fourth-order valence-electron chi connectivity index (χ4n) is 3.59.